The van der Waals surface area contributed by atoms with Gasteiger partial charge in [0, 0.05) is 23.4 Å². The Balaban J connectivity index is 3.00. The molecule has 0 spiro atoms. The highest BCUT2D eigenvalue weighted by Gasteiger charge is 2.18. The Kier molecular flexibility index (Phi) is 14.3. The lowest BCUT2D eigenvalue weighted by Gasteiger charge is -2.15. The van der Waals surface area contributed by atoms with Gasteiger partial charge in [-0.1, -0.05) is 87.7 Å². The van der Waals surface area contributed by atoms with Gasteiger partial charge in [-0.15, -0.1) is 0 Å². The number of rotatable bonds is 16. The monoisotopic (exact) mass is 464 g/mol. The quantitative estimate of drug-likeness (QED) is 0.120. The van der Waals surface area contributed by atoms with Crippen molar-refractivity contribution in [2.24, 2.45) is 11.7 Å². The van der Waals surface area contributed by atoms with E-state index in [1.54, 1.807) is 0 Å². The van der Waals surface area contributed by atoms with Crippen LogP contribution in [-0.4, -0.2) is 12.1 Å². The number of carbonyl (C=O) groups excluding carboxylic acids is 2. The molecule has 4 nitrogen and oxygen atoms in total. The maximum atomic E-state index is 13.3. The number of benzene rings is 1. The maximum Gasteiger partial charge on any atom is 0.206 e. The van der Waals surface area contributed by atoms with E-state index < -0.39 is 0 Å². The molecule has 3 N–H and O–H groups in total. The fraction of sp³-hybridized carbons (Fsp3) is 0.467. The molecule has 34 heavy (non-hydrogen) atoms. The zero-order chi connectivity index (χ0) is 25.3. The number of hydrogen-bond donors (Lipinski definition) is 2. The number of Topliss-reactive ketones (excluding diaryl/α,β-unsaturated/α-hetero) is 1. The molecule has 0 radical (unpaired) electrons. The average Bonchev–Trinajstić information content (AvgIpc) is 2.83. The lowest BCUT2D eigenvalue weighted by Crippen LogP contribution is -2.22. The summed E-state index contributed by atoms with van der Waals surface area (Å²) in [6, 6.07) is 10.1. The fourth-order valence-corrected chi connectivity index (χ4v) is 3.56. The summed E-state index contributed by atoms with van der Waals surface area (Å²) in [5, 5.41) is 3.38. The van der Waals surface area contributed by atoms with Crippen molar-refractivity contribution in [3.05, 3.63) is 82.2 Å². The van der Waals surface area contributed by atoms with Crippen LogP contribution in [0.15, 0.2) is 76.7 Å². The molecule has 1 aromatic rings. The molecule has 0 aliphatic rings. The second-order valence-electron chi connectivity index (χ2n) is 9.25. The Bertz CT molecular complexity index is 890. The zero-order valence-corrected chi connectivity index (χ0v) is 21.8. The molecule has 0 bridgehead atoms. The van der Waals surface area contributed by atoms with Crippen molar-refractivity contribution in [1.82, 2.24) is 5.32 Å². The minimum absolute atomic E-state index is 0.0612. The molecule has 0 atom stereocenters. The molecule has 0 saturated heterocycles. The van der Waals surface area contributed by atoms with Crippen LogP contribution in [-0.2, 0) is 16.1 Å². The van der Waals surface area contributed by atoms with Crippen molar-refractivity contribution in [3.63, 3.8) is 0 Å². The summed E-state index contributed by atoms with van der Waals surface area (Å²) in [5.74, 6) is 0.312. The molecular formula is C30H44N2O2. The van der Waals surface area contributed by atoms with Crippen LogP contribution in [0.3, 0.4) is 0 Å². The molecule has 186 valence electrons. The predicted molar refractivity (Wildman–Crippen MR) is 144 cm³/mol. The highest BCUT2D eigenvalue weighted by Crippen LogP contribution is 2.19. The van der Waals surface area contributed by atoms with Crippen molar-refractivity contribution in [3.8, 4) is 0 Å². The second-order valence-corrected chi connectivity index (χ2v) is 9.25. The van der Waals surface area contributed by atoms with Gasteiger partial charge in [0.15, 0.2) is 0 Å². The molecule has 0 saturated carbocycles. The average molecular weight is 465 g/mol. The van der Waals surface area contributed by atoms with Crippen LogP contribution < -0.4 is 11.1 Å². The van der Waals surface area contributed by atoms with Gasteiger partial charge in [-0.3, -0.25) is 9.59 Å². The Hall–Kier alpha value is -2.88. The highest BCUT2D eigenvalue weighted by molar-refractivity contribution is 6.10. The van der Waals surface area contributed by atoms with Gasteiger partial charge < -0.3 is 11.1 Å². The summed E-state index contributed by atoms with van der Waals surface area (Å²) in [5.41, 5.74) is 10.5. The van der Waals surface area contributed by atoms with Crippen LogP contribution in [0.2, 0.25) is 0 Å². The van der Waals surface area contributed by atoms with Gasteiger partial charge in [-0.2, -0.15) is 0 Å². The summed E-state index contributed by atoms with van der Waals surface area (Å²) in [4.78, 5) is 25.1. The molecule has 1 rings (SSSR count). The number of allylic oxidation sites excluding steroid dienone is 7. The molecule has 0 aromatic heterocycles. The molecule has 0 fully saturated rings. The lowest BCUT2D eigenvalue weighted by molar-refractivity contribution is -0.113. The minimum atomic E-state index is -0.234. The largest absolute Gasteiger partial charge is 0.395 e. The van der Waals surface area contributed by atoms with E-state index in [0.29, 0.717) is 36.5 Å². The molecule has 0 heterocycles. The smallest absolute Gasteiger partial charge is 0.206 e. The number of ketones is 1. The van der Waals surface area contributed by atoms with E-state index in [2.05, 4.69) is 45.2 Å². The molecule has 0 unspecified atom stereocenters. The van der Waals surface area contributed by atoms with Gasteiger partial charge in [0.1, 0.15) is 6.29 Å². The van der Waals surface area contributed by atoms with Gasteiger partial charge >= 0.3 is 0 Å². The van der Waals surface area contributed by atoms with Crippen LogP contribution in [0.1, 0.15) is 85.1 Å². The Morgan fingerprint density at radius 3 is 2.41 bits per heavy atom. The molecular weight excluding hydrogens is 420 g/mol. The third-order valence-corrected chi connectivity index (χ3v) is 5.79. The Labute approximate surface area is 207 Å². The molecule has 0 aliphatic heterocycles. The SMILES string of the molecule is CCCCC/C(C(=O)/C(N)=C(\C=O)C/C=C(\C)CC/C=C\C(C)C)=C(/C)NCc1ccccc1. The van der Waals surface area contributed by atoms with Crippen LogP contribution in [0.4, 0.5) is 0 Å². The number of nitrogens with two attached hydrogens (primary N) is 1. The summed E-state index contributed by atoms with van der Waals surface area (Å²) in [6.45, 7) is 11.1. The van der Waals surface area contributed by atoms with Gasteiger partial charge in [0.05, 0.1) is 5.70 Å². The first-order valence-corrected chi connectivity index (χ1v) is 12.6. The van der Waals surface area contributed by atoms with E-state index in [1.165, 1.54) is 5.57 Å². The maximum absolute atomic E-state index is 13.3. The second kappa shape index (κ2) is 16.7. The van der Waals surface area contributed by atoms with Crippen molar-refractivity contribution in [2.45, 2.75) is 86.1 Å². The van der Waals surface area contributed by atoms with Crippen molar-refractivity contribution < 1.29 is 9.59 Å². The summed E-state index contributed by atoms with van der Waals surface area (Å²) in [6.07, 6.45) is 13.0. The van der Waals surface area contributed by atoms with Gasteiger partial charge in [0.25, 0.3) is 0 Å². The third-order valence-electron chi connectivity index (χ3n) is 5.79. The van der Waals surface area contributed by atoms with Crippen LogP contribution in [0.25, 0.3) is 0 Å². The lowest BCUT2D eigenvalue weighted by atomic mass is 9.96. The van der Waals surface area contributed by atoms with E-state index in [4.69, 9.17) is 5.73 Å². The summed E-state index contributed by atoms with van der Waals surface area (Å²) >= 11 is 0. The van der Waals surface area contributed by atoms with E-state index in [-0.39, 0.29) is 11.5 Å². The summed E-state index contributed by atoms with van der Waals surface area (Å²) < 4.78 is 0. The van der Waals surface area contributed by atoms with Crippen LogP contribution >= 0.6 is 0 Å². The number of hydrogen-bond acceptors (Lipinski definition) is 4. The van der Waals surface area contributed by atoms with Crippen LogP contribution in [0, 0.1) is 5.92 Å². The van der Waals surface area contributed by atoms with Gasteiger partial charge in [-0.25, -0.2) is 0 Å². The first kappa shape index (κ1) is 29.2. The Morgan fingerprint density at radius 2 is 1.79 bits per heavy atom. The highest BCUT2D eigenvalue weighted by atomic mass is 16.1. The first-order valence-electron chi connectivity index (χ1n) is 12.6. The number of aldehydes is 1. The molecule has 4 heteroatoms. The predicted octanol–water partition coefficient (Wildman–Crippen LogP) is 6.94. The van der Waals surface area contributed by atoms with Gasteiger partial charge in [-0.05, 0) is 57.4 Å². The number of carbonyl (C=O) groups is 2. The van der Waals surface area contributed by atoms with E-state index in [9.17, 15) is 9.59 Å². The van der Waals surface area contributed by atoms with Crippen molar-refractivity contribution in [2.75, 3.05) is 0 Å². The van der Waals surface area contributed by atoms with Gasteiger partial charge in [0.2, 0.25) is 5.78 Å². The third kappa shape index (κ3) is 11.3. The molecule has 1 aromatic carbocycles. The van der Waals surface area contributed by atoms with Crippen molar-refractivity contribution in [1.29, 1.82) is 0 Å². The standard InChI is InChI=1S/C30H44N2O2/c1-6-7-9-18-28(25(5)32-21-26-16-10-8-11-17-26)30(34)29(31)27(22-33)20-19-24(4)15-13-12-14-23(2)3/h8,10-12,14,16-17,19,22-23,32H,6-7,9,13,15,18,20-21,31H2,1-5H3/b14-12-,24-19+,28-25+,29-27+. The topological polar surface area (TPSA) is 72.2 Å². The van der Waals surface area contributed by atoms with E-state index >= 15 is 0 Å². The molecule has 0 amide bonds. The van der Waals surface area contributed by atoms with E-state index in [0.717, 1.165) is 49.7 Å². The number of unbranched alkanes of at least 4 members (excludes halogenated alkanes) is 2. The first-order chi connectivity index (χ1) is 16.3. The zero-order valence-electron chi connectivity index (χ0n) is 21.8. The normalized spacial score (nSPS) is 13.6. The minimum Gasteiger partial charge on any atom is -0.395 e. The molecule has 0 aliphatic carbocycles. The fourth-order valence-electron chi connectivity index (χ4n) is 3.56. The van der Waals surface area contributed by atoms with E-state index in [1.807, 2.05) is 43.3 Å². The van der Waals surface area contributed by atoms with Crippen LogP contribution in [0.5, 0.6) is 0 Å². The van der Waals surface area contributed by atoms with Crippen molar-refractivity contribution >= 4 is 12.1 Å². The number of nitrogens with one attached hydrogen (secondary N) is 1. The Morgan fingerprint density at radius 1 is 1.09 bits per heavy atom. The summed E-state index contributed by atoms with van der Waals surface area (Å²) in [7, 11) is 0.